The number of hydrogen-bond acceptors (Lipinski definition) is 3. The van der Waals surface area contributed by atoms with Gasteiger partial charge in [0.15, 0.2) is 23.3 Å². The highest BCUT2D eigenvalue weighted by molar-refractivity contribution is 6.23. The van der Waals surface area contributed by atoms with Crippen LogP contribution in [-0.4, -0.2) is 28.7 Å². The number of fused-ring (bicyclic) bond motifs is 2. The van der Waals surface area contributed by atoms with Crippen molar-refractivity contribution in [2.75, 3.05) is 5.32 Å². The molecule has 0 aromatic heterocycles. The fourth-order valence-corrected chi connectivity index (χ4v) is 4.58. The smallest absolute Gasteiger partial charge is 0.319 e. The monoisotopic (exact) mass is 560 g/mol. The molecule has 0 saturated carbocycles. The lowest BCUT2D eigenvalue weighted by Crippen LogP contribution is -2.48. The summed E-state index contributed by atoms with van der Waals surface area (Å²) in [6.07, 6.45) is -6.19. The van der Waals surface area contributed by atoms with Gasteiger partial charge in [-0.25, -0.2) is 17.6 Å². The summed E-state index contributed by atoms with van der Waals surface area (Å²) in [4.78, 5) is 40.2. The fraction of sp³-hybridized carbons (Fsp3) is 0.107. The molecule has 0 fully saturated rings. The van der Waals surface area contributed by atoms with E-state index in [9.17, 15) is 45.1 Å². The first-order chi connectivity index (χ1) is 18.9. The number of carbonyl (C=O) groups is 3. The second-order valence-electron chi connectivity index (χ2n) is 8.92. The second kappa shape index (κ2) is 9.78. The van der Waals surface area contributed by atoms with Gasteiger partial charge >= 0.3 is 6.18 Å². The average molecular weight is 560 g/mol. The maximum Gasteiger partial charge on any atom is 0.422 e. The van der Waals surface area contributed by atoms with Crippen molar-refractivity contribution in [2.45, 2.75) is 18.6 Å². The van der Waals surface area contributed by atoms with E-state index in [1.165, 1.54) is 24.3 Å². The number of imide groups is 1. The molecule has 204 valence electrons. The number of nitrogens with one attached hydrogen (secondary N) is 1. The SMILES string of the molecule is O=C(Nc1c(F)c(F)c(C(F)(F)F)c(F)c1F)[C@H](Cc1ccc2ccccc2c1)N1C(=O)c2ccccc2C1=O. The molecule has 0 spiro atoms. The van der Waals surface area contributed by atoms with Crippen LogP contribution >= 0.6 is 0 Å². The van der Waals surface area contributed by atoms with Crippen molar-refractivity contribution in [2.24, 2.45) is 0 Å². The molecule has 0 unspecified atom stereocenters. The number of nitrogens with zero attached hydrogens (tertiary/aromatic N) is 1. The Morgan fingerprint density at radius 2 is 1.27 bits per heavy atom. The molecule has 0 radical (unpaired) electrons. The Hall–Kier alpha value is -4.74. The lowest BCUT2D eigenvalue weighted by molar-refractivity contribution is -0.143. The van der Waals surface area contributed by atoms with Gasteiger partial charge in [0.25, 0.3) is 11.8 Å². The summed E-state index contributed by atoms with van der Waals surface area (Å²) in [5.41, 5.74) is -4.39. The standard InChI is InChI=1S/C28H15F7N2O3/c29-20-19(28(33,34)35)21(30)23(32)24(22(20)31)36-25(38)18(12-13-9-10-14-5-1-2-6-15(14)11-13)37-26(39)16-7-3-4-8-17(16)27(37)40/h1-11,18H,12H2,(H,36,38)/t18-/m0/s1. The minimum Gasteiger partial charge on any atom is -0.319 e. The quantitative estimate of drug-likeness (QED) is 0.178. The minimum atomic E-state index is -5.78. The summed E-state index contributed by atoms with van der Waals surface area (Å²) < 4.78 is 96.4. The third-order valence-corrected chi connectivity index (χ3v) is 6.48. The van der Waals surface area contributed by atoms with Crippen LogP contribution < -0.4 is 5.32 Å². The van der Waals surface area contributed by atoms with Crippen LogP contribution in [0.15, 0.2) is 66.7 Å². The number of rotatable bonds is 5. The molecule has 1 aliphatic rings. The molecular formula is C28H15F7N2O3. The molecule has 0 bridgehead atoms. The van der Waals surface area contributed by atoms with Gasteiger partial charge in [-0.05, 0) is 28.5 Å². The molecule has 4 aromatic carbocycles. The van der Waals surface area contributed by atoms with Crippen molar-refractivity contribution < 1.29 is 45.1 Å². The van der Waals surface area contributed by atoms with E-state index in [1.54, 1.807) is 47.8 Å². The summed E-state index contributed by atoms with van der Waals surface area (Å²) in [6.45, 7) is 0. The molecule has 12 heteroatoms. The van der Waals surface area contributed by atoms with Crippen LogP contribution in [0.25, 0.3) is 10.8 Å². The van der Waals surface area contributed by atoms with E-state index in [1.807, 2.05) is 0 Å². The molecule has 1 aliphatic heterocycles. The zero-order chi connectivity index (χ0) is 28.9. The Bertz CT molecular complexity index is 1650. The highest BCUT2D eigenvalue weighted by atomic mass is 19.4. The second-order valence-corrected chi connectivity index (χ2v) is 8.92. The van der Waals surface area contributed by atoms with Gasteiger partial charge < -0.3 is 5.32 Å². The first kappa shape index (κ1) is 26.9. The number of alkyl halides is 3. The van der Waals surface area contributed by atoms with Crippen molar-refractivity contribution >= 4 is 34.2 Å². The van der Waals surface area contributed by atoms with Crippen molar-refractivity contribution in [3.63, 3.8) is 0 Å². The summed E-state index contributed by atoms with van der Waals surface area (Å²) in [6, 6.07) is 15.7. The normalized spacial score (nSPS) is 14.0. The number of carbonyl (C=O) groups excluding carboxylic acids is 3. The van der Waals surface area contributed by atoms with E-state index >= 15 is 0 Å². The minimum absolute atomic E-state index is 0.0622. The molecule has 1 atom stereocenters. The number of hydrogen-bond donors (Lipinski definition) is 1. The first-order valence-corrected chi connectivity index (χ1v) is 11.6. The number of benzene rings is 4. The van der Waals surface area contributed by atoms with Gasteiger partial charge in [-0.15, -0.1) is 0 Å². The van der Waals surface area contributed by atoms with Crippen molar-refractivity contribution in [1.82, 2.24) is 4.90 Å². The van der Waals surface area contributed by atoms with E-state index in [4.69, 9.17) is 0 Å². The summed E-state index contributed by atoms with van der Waals surface area (Å²) in [7, 11) is 0. The van der Waals surface area contributed by atoms with Gasteiger partial charge in [0.2, 0.25) is 5.91 Å². The van der Waals surface area contributed by atoms with Gasteiger partial charge in [0.1, 0.15) is 17.3 Å². The van der Waals surface area contributed by atoms with Crippen molar-refractivity contribution in [3.05, 3.63) is 112 Å². The molecule has 0 saturated heterocycles. The van der Waals surface area contributed by atoms with Gasteiger partial charge in [0.05, 0.1) is 11.1 Å². The van der Waals surface area contributed by atoms with Crippen LogP contribution in [0.1, 0.15) is 31.8 Å². The van der Waals surface area contributed by atoms with Crippen LogP contribution in [0.3, 0.4) is 0 Å². The third kappa shape index (κ3) is 4.44. The van der Waals surface area contributed by atoms with E-state index in [0.717, 1.165) is 5.39 Å². The predicted molar refractivity (Wildman–Crippen MR) is 128 cm³/mol. The number of anilines is 1. The Kier molecular flexibility index (Phi) is 6.56. The first-order valence-electron chi connectivity index (χ1n) is 11.6. The molecule has 1 heterocycles. The Balaban J connectivity index is 1.57. The topological polar surface area (TPSA) is 66.5 Å². The zero-order valence-electron chi connectivity index (χ0n) is 20.0. The van der Waals surface area contributed by atoms with E-state index in [0.29, 0.717) is 15.8 Å². The molecular weight excluding hydrogens is 545 g/mol. The lowest BCUT2D eigenvalue weighted by Gasteiger charge is -2.26. The molecule has 4 aromatic rings. The molecule has 1 N–H and O–H groups in total. The molecule has 0 aliphatic carbocycles. The predicted octanol–water partition coefficient (Wildman–Crippen LogP) is 6.26. The largest absolute Gasteiger partial charge is 0.422 e. The van der Waals surface area contributed by atoms with E-state index in [-0.39, 0.29) is 11.1 Å². The summed E-state index contributed by atoms with van der Waals surface area (Å²) >= 11 is 0. The zero-order valence-corrected chi connectivity index (χ0v) is 20.0. The number of halogens is 7. The van der Waals surface area contributed by atoms with Crippen molar-refractivity contribution in [1.29, 1.82) is 0 Å². The number of amides is 3. The van der Waals surface area contributed by atoms with Crippen LogP contribution in [0.2, 0.25) is 0 Å². The van der Waals surface area contributed by atoms with Crippen LogP contribution in [-0.2, 0) is 17.4 Å². The van der Waals surface area contributed by atoms with Gasteiger partial charge in [-0.2, -0.15) is 13.2 Å². The average Bonchev–Trinajstić information content (AvgIpc) is 3.17. The maximum absolute atomic E-state index is 14.6. The van der Waals surface area contributed by atoms with Crippen LogP contribution in [0.4, 0.5) is 36.4 Å². The Morgan fingerprint density at radius 1 is 0.750 bits per heavy atom. The molecule has 3 amide bonds. The van der Waals surface area contributed by atoms with Gasteiger partial charge in [-0.1, -0.05) is 54.6 Å². The van der Waals surface area contributed by atoms with Gasteiger partial charge in [0, 0.05) is 6.42 Å². The molecule has 40 heavy (non-hydrogen) atoms. The Labute approximate surface area is 220 Å². The highest BCUT2D eigenvalue weighted by Crippen LogP contribution is 2.39. The summed E-state index contributed by atoms with van der Waals surface area (Å²) in [5.74, 6) is -13.9. The van der Waals surface area contributed by atoms with E-state index < -0.39 is 70.9 Å². The van der Waals surface area contributed by atoms with Crippen LogP contribution in [0, 0.1) is 23.3 Å². The maximum atomic E-state index is 14.6. The van der Waals surface area contributed by atoms with Gasteiger partial charge in [-0.3, -0.25) is 19.3 Å². The fourth-order valence-electron chi connectivity index (χ4n) is 4.58. The van der Waals surface area contributed by atoms with E-state index in [2.05, 4.69) is 0 Å². The Morgan fingerprint density at radius 3 is 1.82 bits per heavy atom. The summed E-state index contributed by atoms with van der Waals surface area (Å²) in [5, 5.41) is 3.08. The van der Waals surface area contributed by atoms with Crippen LogP contribution in [0.5, 0.6) is 0 Å². The van der Waals surface area contributed by atoms with Crippen molar-refractivity contribution in [3.8, 4) is 0 Å². The molecule has 5 nitrogen and oxygen atoms in total. The third-order valence-electron chi connectivity index (χ3n) is 6.48. The lowest BCUT2D eigenvalue weighted by atomic mass is 10.00. The highest BCUT2D eigenvalue weighted by Gasteiger charge is 2.45. The molecule has 5 rings (SSSR count).